The zero-order valence-electron chi connectivity index (χ0n) is 14.3. The van der Waals surface area contributed by atoms with Gasteiger partial charge in [-0.15, -0.1) is 15.3 Å². The highest BCUT2D eigenvalue weighted by atomic mass is 19.1. The predicted molar refractivity (Wildman–Crippen MR) is 99.6 cm³/mol. The molecule has 0 amide bonds. The molecule has 0 spiro atoms. The maximum Gasteiger partial charge on any atom is 0.190 e. The SMILES string of the molecule is Fc1cccc(-n2nncc2-c2nnc3c4ccccc4n4cncc4n23)c1. The van der Waals surface area contributed by atoms with Gasteiger partial charge in [-0.05, 0) is 30.3 Å². The summed E-state index contributed by atoms with van der Waals surface area (Å²) in [6, 6.07) is 14.1. The van der Waals surface area contributed by atoms with Crippen molar-refractivity contribution in [2.75, 3.05) is 0 Å². The van der Waals surface area contributed by atoms with Crippen molar-refractivity contribution in [2.24, 2.45) is 0 Å². The van der Waals surface area contributed by atoms with Crippen molar-refractivity contribution < 1.29 is 4.39 Å². The monoisotopic (exact) mass is 370 g/mol. The Bertz CT molecular complexity index is 1490. The molecule has 2 aromatic carbocycles. The number of imidazole rings is 1. The highest BCUT2D eigenvalue weighted by Gasteiger charge is 2.20. The van der Waals surface area contributed by atoms with Crippen LogP contribution in [0.2, 0.25) is 0 Å². The minimum Gasteiger partial charge on any atom is -0.284 e. The highest BCUT2D eigenvalue weighted by Crippen LogP contribution is 2.27. The van der Waals surface area contributed by atoms with Gasteiger partial charge in [-0.1, -0.05) is 23.4 Å². The van der Waals surface area contributed by atoms with Gasteiger partial charge in [0.15, 0.2) is 11.5 Å². The van der Waals surface area contributed by atoms with Gasteiger partial charge in [0.25, 0.3) is 0 Å². The van der Waals surface area contributed by atoms with E-state index in [2.05, 4.69) is 25.5 Å². The van der Waals surface area contributed by atoms with E-state index >= 15 is 0 Å². The third kappa shape index (κ3) is 1.95. The van der Waals surface area contributed by atoms with Crippen LogP contribution in [0.15, 0.2) is 67.3 Å². The van der Waals surface area contributed by atoms with Crippen LogP contribution in [0, 0.1) is 5.82 Å². The number of fused-ring (bicyclic) bond motifs is 6. The van der Waals surface area contributed by atoms with Gasteiger partial charge in [0, 0.05) is 5.39 Å². The molecule has 6 aromatic rings. The Balaban J connectivity index is 1.71. The first kappa shape index (κ1) is 15.0. The van der Waals surface area contributed by atoms with E-state index in [0.717, 1.165) is 16.6 Å². The van der Waals surface area contributed by atoms with Gasteiger partial charge in [-0.2, -0.15) is 0 Å². The number of hydrogen-bond donors (Lipinski definition) is 0. The summed E-state index contributed by atoms with van der Waals surface area (Å²) in [5.41, 5.74) is 3.63. The van der Waals surface area contributed by atoms with Crippen molar-refractivity contribution in [3.8, 4) is 17.2 Å². The number of hydrogen-bond acceptors (Lipinski definition) is 5. The predicted octanol–water partition coefficient (Wildman–Crippen LogP) is 2.92. The largest absolute Gasteiger partial charge is 0.284 e. The van der Waals surface area contributed by atoms with Crippen LogP contribution in [0.25, 0.3) is 39.4 Å². The Morgan fingerprint density at radius 1 is 0.929 bits per heavy atom. The molecule has 0 saturated carbocycles. The number of nitrogens with zero attached hydrogens (tertiary/aromatic N) is 8. The van der Waals surface area contributed by atoms with Gasteiger partial charge in [0.1, 0.15) is 23.5 Å². The molecule has 0 atom stereocenters. The molecule has 0 N–H and O–H groups in total. The zero-order valence-corrected chi connectivity index (χ0v) is 14.3. The summed E-state index contributed by atoms with van der Waals surface area (Å²) in [6.07, 6.45) is 5.09. The summed E-state index contributed by atoms with van der Waals surface area (Å²) in [5.74, 6) is 0.190. The Labute approximate surface area is 156 Å². The molecule has 6 rings (SSSR count). The molecule has 0 saturated heterocycles. The van der Waals surface area contributed by atoms with Crippen molar-refractivity contribution in [1.82, 2.24) is 39.0 Å². The van der Waals surface area contributed by atoms with Crippen LogP contribution in [-0.2, 0) is 0 Å². The van der Waals surface area contributed by atoms with Gasteiger partial charge >= 0.3 is 0 Å². The Morgan fingerprint density at radius 3 is 2.79 bits per heavy atom. The molecular weight excluding hydrogens is 359 g/mol. The van der Waals surface area contributed by atoms with E-state index in [9.17, 15) is 4.39 Å². The minimum absolute atomic E-state index is 0.353. The fourth-order valence-corrected chi connectivity index (χ4v) is 3.54. The number of para-hydroxylation sites is 1. The van der Waals surface area contributed by atoms with Crippen molar-refractivity contribution >= 4 is 22.2 Å². The zero-order chi connectivity index (χ0) is 18.7. The van der Waals surface area contributed by atoms with Gasteiger partial charge in [0.05, 0.1) is 23.6 Å². The molecule has 9 heteroatoms. The summed E-state index contributed by atoms with van der Waals surface area (Å²) in [5, 5.41) is 17.9. The molecule has 0 aliphatic rings. The highest BCUT2D eigenvalue weighted by molar-refractivity contribution is 5.94. The molecular formula is C19H11FN8. The average Bonchev–Trinajstić information content (AvgIpc) is 3.45. The molecule has 0 unspecified atom stereocenters. The topological polar surface area (TPSA) is 78.2 Å². The number of benzene rings is 2. The van der Waals surface area contributed by atoms with E-state index in [1.165, 1.54) is 12.1 Å². The Kier molecular flexibility index (Phi) is 2.90. The molecule has 134 valence electrons. The van der Waals surface area contributed by atoms with Crippen LogP contribution in [-0.4, -0.2) is 39.0 Å². The molecule has 4 heterocycles. The van der Waals surface area contributed by atoms with E-state index in [-0.39, 0.29) is 5.82 Å². The summed E-state index contributed by atoms with van der Waals surface area (Å²) < 4.78 is 19.1. The van der Waals surface area contributed by atoms with Crippen molar-refractivity contribution in [3.05, 3.63) is 73.1 Å². The van der Waals surface area contributed by atoms with E-state index < -0.39 is 0 Å². The molecule has 28 heavy (non-hydrogen) atoms. The molecule has 0 bridgehead atoms. The van der Waals surface area contributed by atoms with E-state index in [4.69, 9.17) is 0 Å². The lowest BCUT2D eigenvalue weighted by Crippen LogP contribution is -2.03. The van der Waals surface area contributed by atoms with Gasteiger partial charge in [-0.25, -0.2) is 14.1 Å². The Morgan fingerprint density at radius 2 is 1.86 bits per heavy atom. The Hall–Kier alpha value is -4.14. The van der Waals surface area contributed by atoms with Gasteiger partial charge in [-0.3, -0.25) is 8.80 Å². The summed E-state index contributed by atoms with van der Waals surface area (Å²) in [4.78, 5) is 4.29. The van der Waals surface area contributed by atoms with Crippen molar-refractivity contribution in [1.29, 1.82) is 0 Å². The maximum absolute atomic E-state index is 13.7. The first-order valence-electron chi connectivity index (χ1n) is 8.56. The number of rotatable bonds is 2. The summed E-state index contributed by atoms with van der Waals surface area (Å²) in [7, 11) is 0. The quantitative estimate of drug-likeness (QED) is 0.468. The smallest absolute Gasteiger partial charge is 0.190 e. The van der Waals surface area contributed by atoms with Gasteiger partial charge in [0.2, 0.25) is 0 Å². The number of aromatic nitrogens is 8. The summed E-state index contributed by atoms with van der Waals surface area (Å²) >= 11 is 0. The van der Waals surface area contributed by atoms with Crippen LogP contribution < -0.4 is 0 Å². The van der Waals surface area contributed by atoms with Gasteiger partial charge < -0.3 is 0 Å². The average molecular weight is 370 g/mol. The first-order chi connectivity index (χ1) is 13.8. The van der Waals surface area contributed by atoms with Crippen LogP contribution in [0.3, 0.4) is 0 Å². The second kappa shape index (κ2) is 5.43. The lowest BCUT2D eigenvalue weighted by Gasteiger charge is -2.08. The first-order valence-corrected chi connectivity index (χ1v) is 8.56. The van der Waals surface area contributed by atoms with Crippen molar-refractivity contribution in [2.45, 2.75) is 0 Å². The van der Waals surface area contributed by atoms with E-state index in [1.54, 1.807) is 35.5 Å². The van der Waals surface area contributed by atoms with Crippen LogP contribution in [0.5, 0.6) is 0 Å². The van der Waals surface area contributed by atoms with Crippen LogP contribution in [0.4, 0.5) is 4.39 Å². The molecule has 0 fully saturated rings. The van der Waals surface area contributed by atoms with Crippen molar-refractivity contribution in [3.63, 3.8) is 0 Å². The fraction of sp³-hybridized carbons (Fsp3) is 0. The third-order valence-electron chi connectivity index (χ3n) is 4.75. The van der Waals surface area contributed by atoms with Crippen LogP contribution in [0.1, 0.15) is 0 Å². The van der Waals surface area contributed by atoms with Crippen LogP contribution >= 0.6 is 0 Å². The maximum atomic E-state index is 13.7. The second-order valence-electron chi connectivity index (χ2n) is 6.33. The fourth-order valence-electron chi connectivity index (χ4n) is 3.54. The molecule has 0 aliphatic heterocycles. The van der Waals surface area contributed by atoms with E-state index in [1.807, 2.05) is 33.1 Å². The third-order valence-corrected chi connectivity index (χ3v) is 4.75. The standard InChI is InChI=1S/C19H11FN8/c20-12-4-3-5-13(8-12)28-16(9-22-25-28)19-24-23-18-14-6-1-2-7-15(14)26-11-21-10-17(26)27(18)19/h1-11H. The molecule has 0 radical (unpaired) electrons. The lowest BCUT2D eigenvalue weighted by atomic mass is 10.2. The molecule has 0 aliphatic carbocycles. The minimum atomic E-state index is -0.353. The number of halogens is 1. The summed E-state index contributed by atoms with van der Waals surface area (Å²) in [6.45, 7) is 0. The second-order valence-corrected chi connectivity index (χ2v) is 6.33. The normalized spacial score (nSPS) is 11.8. The van der Waals surface area contributed by atoms with E-state index in [0.29, 0.717) is 22.9 Å². The lowest BCUT2D eigenvalue weighted by molar-refractivity contribution is 0.625. The molecule has 8 nitrogen and oxygen atoms in total. The molecule has 4 aromatic heterocycles.